The van der Waals surface area contributed by atoms with Gasteiger partial charge in [-0.25, -0.2) is 4.57 Å². The van der Waals surface area contributed by atoms with Crippen LogP contribution in [0.15, 0.2) is 36.5 Å². The Labute approximate surface area is 415 Å². The van der Waals surface area contributed by atoms with Crippen LogP contribution in [0.2, 0.25) is 0 Å². The normalized spacial score (nSPS) is 14.1. The van der Waals surface area contributed by atoms with Crippen LogP contribution in [-0.2, 0) is 27.9 Å². The van der Waals surface area contributed by atoms with Crippen molar-refractivity contribution in [3.05, 3.63) is 36.5 Å². The number of ether oxygens (including phenoxy) is 1. The number of allylic oxidation sites excluding steroid dienone is 5. The molecule has 0 aliphatic heterocycles. The summed E-state index contributed by atoms with van der Waals surface area (Å²) in [4.78, 5) is 37.5. The summed E-state index contributed by atoms with van der Waals surface area (Å²) in [6.07, 6.45) is 55.6. The molecule has 0 aliphatic carbocycles. The minimum absolute atomic E-state index is 0.0393. The van der Waals surface area contributed by atoms with E-state index in [2.05, 4.69) is 50.4 Å². The fourth-order valence-electron chi connectivity index (χ4n) is 8.09. The Morgan fingerprint density at radius 2 is 0.881 bits per heavy atom. The molecule has 2 N–H and O–H groups in total. The monoisotopic (exact) mass is 966 g/mol. The van der Waals surface area contributed by atoms with Crippen molar-refractivity contribution in [2.45, 2.75) is 277 Å². The number of phosphoric ester groups is 1. The number of nitrogens with zero attached hydrogens (tertiary/aromatic N) is 1. The summed E-state index contributed by atoms with van der Waals surface area (Å²) in [7, 11) is 1.49. The number of rotatable bonds is 51. The van der Waals surface area contributed by atoms with Crippen LogP contribution < -0.4 is 5.32 Å². The lowest BCUT2D eigenvalue weighted by atomic mass is 10.0. The quantitative estimate of drug-likeness (QED) is 0.0205. The lowest BCUT2D eigenvalue weighted by Crippen LogP contribution is -2.47. The maximum atomic E-state index is 13.5. The molecule has 0 saturated carbocycles. The molecule has 1 amide bonds. The number of hydrogen-bond donors (Lipinski definition) is 2. The minimum Gasteiger partial charge on any atom is -0.456 e. The maximum absolute atomic E-state index is 13.5. The van der Waals surface area contributed by atoms with Gasteiger partial charge in [-0.3, -0.25) is 18.6 Å². The van der Waals surface area contributed by atoms with E-state index < -0.39 is 20.0 Å². The van der Waals surface area contributed by atoms with Gasteiger partial charge in [0, 0.05) is 12.8 Å². The smallest absolute Gasteiger partial charge is 0.456 e. The number of hydrogen-bond acceptors (Lipinski definition) is 6. The van der Waals surface area contributed by atoms with E-state index in [4.69, 9.17) is 13.8 Å². The fourth-order valence-corrected chi connectivity index (χ4v) is 8.83. The number of quaternary nitrogens is 1. The van der Waals surface area contributed by atoms with Crippen molar-refractivity contribution in [3.63, 3.8) is 0 Å². The Hall–Kier alpha value is -1.77. The summed E-state index contributed by atoms with van der Waals surface area (Å²) in [5.74, 6) is -0.516. The molecule has 0 heterocycles. The molecule has 0 radical (unpaired) electrons. The van der Waals surface area contributed by atoms with Gasteiger partial charge in [-0.15, -0.1) is 0 Å². The van der Waals surface area contributed by atoms with E-state index in [1.165, 1.54) is 135 Å². The molecule has 0 aromatic carbocycles. The summed E-state index contributed by atoms with van der Waals surface area (Å²) in [5, 5.41) is 3.04. The fraction of sp³-hybridized carbons (Fsp3) is 0.860. The third-order valence-electron chi connectivity index (χ3n) is 12.6. The zero-order chi connectivity index (χ0) is 49.4. The third-order valence-corrected chi connectivity index (χ3v) is 13.5. The Morgan fingerprint density at radius 1 is 0.507 bits per heavy atom. The van der Waals surface area contributed by atoms with Crippen LogP contribution in [0.1, 0.15) is 265 Å². The second-order valence-corrected chi connectivity index (χ2v) is 21.9. The molecule has 9 nitrogen and oxygen atoms in total. The highest BCUT2D eigenvalue weighted by Crippen LogP contribution is 2.43. The molecule has 0 fully saturated rings. The summed E-state index contributed by atoms with van der Waals surface area (Å²) in [6.45, 7) is 6.97. The third kappa shape index (κ3) is 49.0. The van der Waals surface area contributed by atoms with Crippen molar-refractivity contribution in [3.8, 4) is 0 Å². The Morgan fingerprint density at radius 3 is 1.31 bits per heavy atom. The molecular weight excluding hydrogens is 856 g/mol. The van der Waals surface area contributed by atoms with Crippen molar-refractivity contribution < 1.29 is 37.3 Å². The Balaban J connectivity index is 5.35. The Bertz CT molecular complexity index is 1250. The number of likely N-dealkylation sites (N-methyl/N-ethyl adjacent to an activating group) is 1. The van der Waals surface area contributed by atoms with Crippen molar-refractivity contribution >= 4 is 19.7 Å². The molecule has 0 aromatic rings. The number of carbonyl (C=O) groups excluding carboxylic acids is 2. The second kappa shape index (κ2) is 47.9. The second-order valence-electron chi connectivity index (χ2n) is 20.5. The van der Waals surface area contributed by atoms with Gasteiger partial charge in [0.2, 0.25) is 5.91 Å². The molecule has 67 heavy (non-hydrogen) atoms. The highest BCUT2D eigenvalue weighted by atomic mass is 31.2. The number of nitrogens with one attached hydrogen (secondary N) is 1. The van der Waals surface area contributed by atoms with Crippen LogP contribution in [0, 0.1) is 0 Å². The molecule has 0 bridgehead atoms. The van der Waals surface area contributed by atoms with E-state index in [0.29, 0.717) is 17.4 Å². The predicted molar refractivity (Wildman–Crippen MR) is 286 cm³/mol. The molecule has 0 saturated heterocycles. The molecule has 3 unspecified atom stereocenters. The number of carbonyl (C=O) groups is 2. The molecule has 394 valence electrons. The average Bonchev–Trinajstić information content (AvgIpc) is 3.28. The van der Waals surface area contributed by atoms with Crippen LogP contribution in [-0.4, -0.2) is 74.3 Å². The first-order valence-electron chi connectivity index (χ1n) is 28.3. The molecule has 0 aliphatic rings. The van der Waals surface area contributed by atoms with E-state index in [0.717, 1.165) is 96.3 Å². The van der Waals surface area contributed by atoms with Gasteiger partial charge in [0.15, 0.2) is 0 Å². The van der Waals surface area contributed by atoms with E-state index >= 15 is 0 Å². The standard InChI is InChI=1S/C57H109N2O7P/c1-7-10-13-16-19-22-25-27-28-29-30-32-35-37-40-43-46-49-56(60)58-54(53-65-67(62,63)64-52-51-59(4,5)6)55(48-45-42-39-36-34-31-26-23-20-17-14-11-8-2)66-57(61)50-47-44-41-38-33-24-21-18-15-12-9-3/h18,21,27-28,45,48,54-55H,7-17,19-20,22-26,29-44,46-47,49-53H2,1-6H3,(H-,58,60,62,63)/p+1/b21-18-,28-27+,48-45+. The van der Waals surface area contributed by atoms with Gasteiger partial charge in [-0.05, 0) is 76.7 Å². The Kier molecular flexibility index (Phi) is 46.6. The van der Waals surface area contributed by atoms with Gasteiger partial charge in [-0.1, -0.05) is 212 Å². The van der Waals surface area contributed by atoms with Gasteiger partial charge in [0.25, 0.3) is 0 Å². The van der Waals surface area contributed by atoms with Gasteiger partial charge in [0.05, 0.1) is 33.8 Å². The SMILES string of the molecule is CCCC/C=C\CCCCCCCC(=O)OC(/C=C/CCCCCCCCCCCCC)C(COP(=O)(O)OCC[N+](C)(C)C)NC(=O)CCCCCCCCC/C=C/CCCCCCCC. The van der Waals surface area contributed by atoms with Crippen molar-refractivity contribution in [2.24, 2.45) is 0 Å². The molecule has 0 rings (SSSR count). The summed E-state index contributed by atoms with van der Waals surface area (Å²) in [6, 6.07) is -0.849. The first kappa shape index (κ1) is 65.2. The summed E-state index contributed by atoms with van der Waals surface area (Å²) in [5.41, 5.74) is 0. The first-order chi connectivity index (χ1) is 32.4. The van der Waals surface area contributed by atoms with Crippen molar-refractivity contribution in [1.29, 1.82) is 0 Å². The van der Waals surface area contributed by atoms with E-state index in [1.807, 2.05) is 33.3 Å². The zero-order valence-corrected chi connectivity index (χ0v) is 45.8. The van der Waals surface area contributed by atoms with E-state index in [1.54, 1.807) is 0 Å². The van der Waals surface area contributed by atoms with Crippen LogP contribution in [0.4, 0.5) is 0 Å². The van der Waals surface area contributed by atoms with Gasteiger partial charge in [-0.2, -0.15) is 0 Å². The number of unbranched alkanes of at least 4 members (excludes halogenated alkanes) is 31. The van der Waals surface area contributed by atoms with Crippen LogP contribution in [0.3, 0.4) is 0 Å². The average molecular weight is 966 g/mol. The molecule has 0 spiro atoms. The number of amides is 1. The van der Waals surface area contributed by atoms with Crippen LogP contribution in [0.5, 0.6) is 0 Å². The summed E-state index contributed by atoms with van der Waals surface area (Å²) >= 11 is 0. The zero-order valence-electron chi connectivity index (χ0n) is 44.9. The van der Waals surface area contributed by atoms with Crippen molar-refractivity contribution in [2.75, 3.05) is 40.9 Å². The largest absolute Gasteiger partial charge is 0.472 e. The predicted octanol–water partition coefficient (Wildman–Crippen LogP) is 16.8. The molecule has 3 atom stereocenters. The molecular formula is C57H110N2O7P+. The van der Waals surface area contributed by atoms with Gasteiger partial charge in [0.1, 0.15) is 19.3 Å². The minimum atomic E-state index is -4.44. The number of phosphoric acid groups is 1. The summed E-state index contributed by atoms with van der Waals surface area (Å²) < 4.78 is 30.6. The van der Waals surface area contributed by atoms with Crippen molar-refractivity contribution in [1.82, 2.24) is 5.32 Å². The lowest BCUT2D eigenvalue weighted by Gasteiger charge is -2.27. The highest BCUT2D eigenvalue weighted by molar-refractivity contribution is 7.47. The first-order valence-corrected chi connectivity index (χ1v) is 29.8. The van der Waals surface area contributed by atoms with Crippen LogP contribution >= 0.6 is 7.82 Å². The van der Waals surface area contributed by atoms with E-state index in [-0.39, 0.29) is 31.5 Å². The lowest BCUT2D eigenvalue weighted by molar-refractivity contribution is -0.870. The highest BCUT2D eigenvalue weighted by Gasteiger charge is 2.30. The topological polar surface area (TPSA) is 111 Å². The van der Waals surface area contributed by atoms with Crippen LogP contribution in [0.25, 0.3) is 0 Å². The van der Waals surface area contributed by atoms with Gasteiger partial charge >= 0.3 is 13.8 Å². The molecule has 10 heteroatoms. The number of esters is 1. The maximum Gasteiger partial charge on any atom is 0.472 e. The molecule has 0 aromatic heterocycles. The van der Waals surface area contributed by atoms with Gasteiger partial charge < -0.3 is 19.4 Å². The van der Waals surface area contributed by atoms with E-state index in [9.17, 15) is 19.0 Å².